The Labute approximate surface area is 103 Å². The van der Waals surface area contributed by atoms with Crippen molar-refractivity contribution in [3.63, 3.8) is 0 Å². The van der Waals surface area contributed by atoms with Crippen LogP contribution in [0.15, 0.2) is 30.6 Å². The van der Waals surface area contributed by atoms with Crippen molar-refractivity contribution in [2.45, 2.75) is 0 Å². The van der Waals surface area contributed by atoms with Crippen molar-refractivity contribution in [1.29, 1.82) is 5.26 Å². The van der Waals surface area contributed by atoms with E-state index < -0.39 is 5.97 Å². The van der Waals surface area contributed by atoms with Crippen LogP contribution in [-0.4, -0.2) is 20.9 Å². The maximum absolute atomic E-state index is 10.8. The van der Waals surface area contributed by atoms with Crippen LogP contribution in [0.25, 0.3) is 0 Å². The van der Waals surface area contributed by atoms with Crippen LogP contribution in [0.4, 0.5) is 0 Å². The Morgan fingerprint density at radius 1 is 1.56 bits per heavy atom. The van der Waals surface area contributed by atoms with Crippen molar-refractivity contribution >= 4 is 5.97 Å². The van der Waals surface area contributed by atoms with E-state index >= 15 is 0 Å². The zero-order valence-corrected chi connectivity index (χ0v) is 9.49. The zero-order chi connectivity index (χ0) is 13.1. The number of hydrogen-bond acceptors (Lipinski definition) is 4. The van der Waals surface area contributed by atoms with Crippen LogP contribution in [0.5, 0.6) is 11.5 Å². The molecule has 2 aromatic rings. The molecule has 1 aromatic heterocycles. The second-order valence-corrected chi connectivity index (χ2v) is 3.58. The van der Waals surface area contributed by atoms with Gasteiger partial charge >= 0.3 is 5.97 Å². The smallest absolute Gasteiger partial charge is 0.335 e. The van der Waals surface area contributed by atoms with Crippen LogP contribution in [0.1, 0.15) is 15.9 Å². The maximum Gasteiger partial charge on any atom is 0.335 e. The molecule has 0 atom stereocenters. The molecule has 0 amide bonds. The summed E-state index contributed by atoms with van der Waals surface area (Å²) in [4.78, 5) is 10.8. The Hall–Kier alpha value is -2.81. The van der Waals surface area contributed by atoms with E-state index in [1.807, 2.05) is 6.07 Å². The molecule has 1 aromatic carbocycles. The molecule has 0 spiro atoms. The molecule has 1 heterocycles. The van der Waals surface area contributed by atoms with E-state index in [1.54, 1.807) is 17.9 Å². The average Bonchev–Trinajstić information content (AvgIpc) is 2.75. The molecule has 6 heteroatoms. The molecule has 0 aliphatic rings. The molecule has 0 aliphatic heterocycles. The van der Waals surface area contributed by atoms with Gasteiger partial charge in [0.25, 0.3) is 0 Å². The van der Waals surface area contributed by atoms with E-state index in [9.17, 15) is 4.79 Å². The molecule has 2 rings (SSSR count). The minimum Gasteiger partial charge on any atom is -0.478 e. The first-order chi connectivity index (χ1) is 8.60. The fourth-order valence-electron chi connectivity index (χ4n) is 1.42. The number of ether oxygens (including phenoxy) is 1. The third-order valence-corrected chi connectivity index (χ3v) is 2.26. The summed E-state index contributed by atoms with van der Waals surface area (Å²) in [5.74, 6) is -0.299. The number of carboxylic acid groups (broad SMARTS) is 1. The van der Waals surface area contributed by atoms with Crippen LogP contribution < -0.4 is 4.74 Å². The monoisotopic (exact) mass is 243 g/mol. The second kappa shape index (κ2) is 4.59. The van der Waals surface area contributed by atoms with Crippen molar-refractivity contribution in [1.82, 2.24) is 9.78 Å². The summed E-state index contributed by atoms with van der Waals surface area (Å²) in [6.07, 6.45) is 3.15. The Bertz CT molecular complexity index is 640. The average molecular weight is 243 g/mol. The number of hydrogen-bond donors (Lipinski definition) is 1. The predicted molar refractivity (Wildman–Crippen MR) is 61.4 cm³/mol. The number of carbonyl (C=O) groups is 1. The minimum absolute atomic E-state index is 0.0464. The molecule has 0 bridgehead atoms. The van der Waals surface area contributed by atoms with E-state index in [1.165, 1.54) is 24.4 Å². The molecule has 0 fully saturated rings. The Kier molecular flexibility index (Phi) is 2.98. The van der Waals surface area contributed by atoms with E-state index in [0.29, 0.717) is 11.5 Å². The molecule has 0 aliphatic carbocycles. The Balaban J connectivity index is 2.34. The van der Waals surface area contributed by atoms with Gasteiger partial charge in [-0.3, -0.25) is 4.68 Å². The molecule has 1 N–H and O–H groups in total. The number of carboxylic acids is 1. The van der Waals surface area contributed by atoms with Gasteiger partial charge in [0.1, 0.15) is 11.8 Å². The van der Waals surface area contributed by atoms with Crippen molar-refractivity contribution < 1.29 is 14.6 Å². The number of nitrogens with zero attached hydrogens (tertiary/aromatic N) is 3. The second-order valence-electron chi connectivity index (χ2n) is 3.58. The molecule has 18 heavy (non-hydrogen) atoms. The molecular formula is C12H9N3O3. The van der Waals surface area contributed by atoms with Crippen molar-refractivity contribution in [3.05, 3.63) is 41.7 Å². The van der Waals surface area contributed by atoms with Gasteiger partial charge in [-0.15, -0.1) is 0 Å². The van der Waals surface area contributed by atoms with Crippen LogP contribution in [0.2, 0.25) is 0 Å². The summed E-state index contributed by atoms with van der Waals surface area (Å²) in [6.45, 7) is 0. The van der Waals surface area contributed by atoms with Gasteiger partial charge in [0.2, 0.25) is 0 Å². The Morgan fingerprint density at radius 2 is 2.33 bits per heavy atom. The molecule has 0 unspecified atom stereocenters. The van der Waals surface area contributed by atoms with Gasteiger partial charge in [-0.2, -0.15) is 10.4 Å². The summed E-state index contributed by atoms with van der Waals surface area (Å²) >= 11 is 0. The van der Waals surface area contributed by atoms with E-state index in [-0.39, 0.29) is 11.1 Å². The van der Waals surface area contributed by atoms with Crippen LogP contribution in [0, 0.1) is 11.3 Å². The first-order valence-corrected chi connectivity index (χ1v) is 5.04. The summed E-state index contributed by atoms with van der Waals surface area (Å²) in [5, 5.41) is 21.7. The highest BCUT2D eigenvalue weighted by Crippen LogP contribution is 2.25. The van der Waals surface area contributed by atoms with Crippen molar-refractivity contribution in [2.24, 2.45) is 7.05 Å². The van der Waals surface area contributed by atoms with Crippen LogP contribution in [-0.2, 0) is 7.05 Å². The highest BCUT2D eigenvalue weighted by Gasteiger charge is 2.10. The van der Waals surface area contributed by atoms with Gasteiger partial charge in [-0.05, 0) is 18.2 Å². The number of aromatic carboxylic acids is 1. The van der Waals surface area contributed by atoms with Gasteiger partial charge in [-0.1, -0.05) is 0 Å². The molecular weight excluding hydrogens is 234 g/mol. The molecule has 6 nitrogen and oxygen atoms in total. The van der Waals surface area contributed by atoms with E-state index in [2.05, 4.69) is 5.10 Å². The Morgan fingerprint density at radius 3 is 2.89 bits per heavy atom. The molecule has 0 saturated heterocycles. The lowest BCUT2D eigenvalue weighted by Crippen LogP contribution is -1.97. The number of rotatable bonds is 3. The number of aryl methyl sites for hydroxylation is 1. The van der Waals surface area contributed by atoms with Crippen LogP contribution >= 0.6 is 0 Å². The fourth-order valence-corrected chi connectivity index (χ4v) is 1.42. The molecule has 90 valence electrons. The topological polar surface area (TPSA) is 88.1 Å². The normalized spacial score (nSPS) is 9.78. The lowest BCUT2D eigenvalue weighted by Gasteiger charge is -2.05. The van der Waals surface area contributed by atoms with Crippen LogP contribution in [0.3, 0.4) is 0 Å². The minimum atomic E-state index is -1.08. The predicted octanol–water partition coefficient (Wildman–Crippen LogP) is 1.78. The van der Waals surface area contributed by atoms with Gasteiger partial charge < -0.3 is 9.84 Å². The third kappa shape index (κ3) is 2.30. The van der Waals surface area contributed by atoms with Gasteiger partial charge in [0.05, 0.1) is 23.5 Å². The number of aromatic nitrogens is 2. The van der Waals surface area contributed by atoms with Gasteiger partial charge in [-0.25, -0.2) is 4.79 Å². The number of nitriles is 1. The summed E-state index contributed by atoms with van der Waals surface area (Å²) in [7, 11) is 1.74. The summed E-state index contributed by atoms with van der Waals surface area (Å²) < 4.78 is 7.02. The van der Waals surface area contributed by atoms with Gasteiger partial charge in [0, 0.05) is 7.05 Å². The first kappa shape index (κ1) is 11.7. The summed E-state index contributed by atoms with van der Waals surface area (Å²) in [6, 6.07) is 6.01. The third-order valence-electron chi connectivity index (χ3n) is 2.26. The largest absolute Gasteiger partial charge is 0.478 e. The fraction of sp³-hybridized carbons (Fsp3) is 0.0833. The maximum atomic E-state index is 10.8. The number of benzene rings is 1. The SMILES string of the molecule is Cn1cc(Oc2ccc(C(=O)O)cc2C#N)cn1. The van der Waals surface area contributed by atoms with Crippen molar-refractivity contribution in [3.8, 4) is 17.6 Å². The highest BCUT2D eigenvalue weighted by atomic mass is 16.5. The highest BCUT2D eigenvalue weighted by molar-refractivity contribution is 5.88. The van der Waals surface area contributed by atoms with Gasteiger partial charge in [0.15, 0.2) is 5.75 Å². The molecule has 0 saturated carbocycles. The van der Waals surface area contributed by atoms with E-state index in [0.717, 1.165) is 0 Å². The zero-order valence-electron chi connectivity index (χ0n) is 9.49. The first-order valence-electron chi connectivity index (χ1n) is 5.04. The standard InChI is InChI=1S/C12H9N3O3/c1-15-7-10(6-14-15)18-11-3-2-8(12(16)17)4-9(11)5-13/h2-4,6-7H,1H3,(H,16,17). The quantitative estimate of drug-likeness (QED) is 0.887. The lowest BCUT2D eigenvalue weighted by molar-refractivity contribution is 0.0697. The lowest BCUT2D eigenvalue weighted by atomic mass is 10.1. The van der Waals surface area contributed by atoms with Crippen molar-refractivity contribution in [2.75, 3.05) is 0 Å². The molecule has 0 radical (unpaired) electrons. The van der Waals surface area contributed by atoms with E-state index in [4.69, 9.17) is 15.1 Å². The summed E-state index contributed by atoms with van der Waals surface area (Å²) in [5.41, 5.74) is 0.212.